The van der Waals surface area contributed by atoms with E-state index in [0.29, 0.717) is 0 Å². The van der Waals surface area contributed by atoms with Crippen LogP contribution in [0.15, 0.2) is 24.4 Å². The summed E-state index contributed by atoms with van der Waals surface area (Å²) >= 11 is 0. The number of aromatic nitrogens is 2. The fraction of sp³-hybridized carbons (Fsp3) is 0.400. The first kappa shape index (κ1) is 13.6. The highest BCUT2D eigenvalue weighted by Crippen LogP contribution is 2.20. The largest absolute Gasteiger partial charge is 0.355 e. The SMILES string of the molecule is CCCCNc1nc(C)cn1-c1ccc(F)cc1C. The number of nitrogens with zero attached hydrogens (tertiary/aromatic N) is 2. The van der Waals surface area contributed by atoms with Gasteiger partial charge in [-0.15, -0.1) is 0 Å². The molecule has 3 nitrogen and oxygen atoms in total. The fourth-order valence-corrected chi connectivity index (χ4v) is 2.07. The summed E-state index contributed by atoms with van der Waals surface area (Å²) in [5.74, 6) is 0.610. The summed E-state index contributed by atoms with van der Waals surface area (Å²) in [7, 11) is 0. The topological polar surface area (TPSA) is 29.9 Å². The lowest BCUT2D eigenvalue weighted by Gasteiger charge is -2.11. The van der Waals surface area contributed by atoms with Gasteiger partial charge in [-0.2, -0.15) is 0 Å². The molecule has 4 heteroatoms. The molecular formula is C15H20FN3. The van der Waals surface area contributed by atoms with Gasteiger partial charge in [-0.1, -0.05) is 13.3 Å². The van der Waals surface area contributed by atoms with Crippen LogP contribution in [-0.4, -0.2) is 16.1 Å². The number of halogens is 1. The Morgan fingerprint density at radius 3 is 2.79 bits per heavy atom. The smallest absolute Gasteiger partial charge is 0.207 e. The molecule has 0 fully saturated rings. The lowest BCUT2D eigenvalue weighted by molar-refractivity contribution is 0.626. The maximum Gasteiger partial charge on any atom is 0.207 e. The maximum atomic E-state index is 13.2. The molecule has 0 atom stereocenters. The molecule has 1 aromatic carbocycles. The van der Waals surface area contributed by atoms with Crippen molar-refractivity contribution in [3.8, 4) is 5.69 Å². The van der Waals surface area contributed by atoms with Gasteiger partial charge in [0.25, 0.3) is 0 Å². The normalized spacial score (nSPS) is 10.7. The standard InChI is InChI=1S/C15H20FN3/c1-4-5-8-17-15-18-12(3)10-19(15)14-7-6-13(16)9-11(14)2/h6-7,9-10H,4-5,8H2,1-3H3,(H,17,18). The molecule has 0 saturated heterocycles. The second kappa shape index (κ2) is 5.87. The molecule has 1 heterocycles. The van der Waals surface area contributed by atoms with Crippen molar-refractivity contribution in [2.24, 2.45) is 0 Å². The number of anilines is 1. The summed E-state index contributed by atoms with van der Waals surface area (Å²) in [6.45, 7) is 6.92. The van der Waals surface area contributed by atoms with Crippen LogP contribution in [0, 0.1) is 19.7 Å². The third-order valence-electron chi connectivity index (χ3n) is 3.06. The molecule has 0 bridgehead atoms. The van der Waals surface area contributed by atoms with Crippen LogP contribution in [0.25, 0.3) is 5.69 Å². The minimum atomic E-state index is -0.210. The molecule has 1 N–H and O–H groups in total. The van der Waals surface area contributed by atoms with E-state index < -0.39 is 0 Å². The third kappa shape index (κ3) is 3.13. The van der Waals surface area contributed by atoms with Gasteiger partial charge >= 0.3 is 0 Å². The molecule has 0 aliphatic rings. The van der Waals surface area contributed by atoms with Gasteiger partial charge in [-0.3, -0.25) is 4.57 Å². The molecular weight excluding hydrogens is 241 g/mol. The van der Waals surface area contributed by atoms with Crippen LogP contribution in [0.5, 0.6) is 0 Å². The summed E-state index contributed by atoms with van der Waals surface area (Å²) in [4.78, 5) is 4.48. The minimum Gasteiger partial charge on any atom is -0.355 e. The number of nitrogens with one attached hydrogen (secondary N) is 1. The zero-order valence-corrected chi connectivity index (χ0v) is 11.7. The van der Waals surface area contributed by atoms with Crippen molar-refractivity contribution in [2.75, 3.05) is 11.9 Å². The van der Waals surface area contributed by atoms with Crippen LogP contribution < -0.4 is 5.32 Å². The molecule has 2 rings (SSSR count). The van der Waals surface area contributed by atoms with Crippen molar-refractivity contribution >= 4 is 5.95 Å². The summed E-state index contributed by atoms with van der Waals surface area (Å²) in [6, 6.07) is 4.81. The summed E-state index contributed by atoms with van der Waals surface area (Å²) in [6.07, 6.45) is 4.21. The number of unbranched alkanes of at least 4 members (excludes halogenated alkanes) is 1. The zero-order chi connectivity index (χ0) is 13.8. The maximum absolute atomic E-state index is 13.2. The molecule has 0 amide bonds. The van der Waals surface area contributed by atoms with Crippen LogP contribution >= 0.6 is 0 Å². The number of imidazole rings is 1. The number of hydrogen-bond donors (Lipinski definition) is 1. The van der Waals surface area contributed by atoms with Gasteiger partial charge in [0.1, 0.15) is 5.82 Å². The predicted octanol–water partition coefficient (Wildman–Crippen LogP) is 3.84. The van der Waals surface area contributed by atoms with Gasteiger partial charge in [0.15, 0.2) is 0 Å². The third-order valence-corrected chi connectivity index (χ3v) is 3.06. The number of rotatable bonds is 5. The predicted molar refractivity (Wildman–Crippen MR) is 76.4 cm³/mol. The Labute approximate surface area is 113 Å². The van der Waals surface area contributed by atoms with E-state index in [0.717, 1.165) is 42.3 Å². The van der Waals surface area contributed by atoms with Gasteiger partial charge in [0, 0.05) is 12.7 Å². The Morgan fingerprint density at radius 2 is 2.11 bits per heavy atom. The van der Waals surface area contributed by atoms with E-state index in [1.54, 1.807) is 12.1 Å². The van der Waals surface area contributed by atoms with E-state index >= 15 is 0 Å². The second-order valence-corrected chi connectivity index (χ2v) is 4.79. The number of hydrogen-bond acceptors (Lipinski definition) is 2. The first-order chi connectivity index (χ1) is 9.11. The van der Waals surface area contributed by atoms with E-state index in [2.05, 4.69) is 17.2 Å². The summed E-state index contributed by atoms with van der Waals surface area (Å²) in [5.41, 5.74) is 2.81. The van der Waals surface area contributed by atoms with Gasteiger partial charge < -0.3 is 5.32 Å². The van der Waals surface area contributed by atoms with Crippen molar-refractivity contribution in [3.05, 3.63) is 41.5 Å². The minimum absolute atomic E-state index is 0.210. The monoisotopic (exact) mass is 261 g/mol. The highest BCUT2D eigenvalue weighted by molar-refractivity contribution is 5.47. The fourth-order valence-electron chi connectivity index (χ4n) is 2.07. The van der Waals surface area contributed by atoms with Gasteiger partial charge in [0.05, 0.1) is 11.4 Å². The Balaban J connectivity index is 2.32. The Morgan fingerprint density at radius 1 is 1.32 bits per heavy atom. The zero-order valence-electron chi connectivity index (χ0n) is 11.7. The van der Waals surface area contributed by atoms with Gasteiger partial charge in [-0.25, -0.2) is 9.37 Å². The molecule has 0 radical (unpaired) electrons. The molecule has 0 aliphatic carbocycles. The van der Waals surface area contributed by atoms with E-state index in [1.165, 1.54) is 6.07 Å². The lowest BCUT2D eigenvalue weighted by Crippen LogP contribution is -2.08. The second-order valence-electron chi connectivity index (χ2n) is 4.79. The molecule has 0 unspecified atom stereocenters. The average molecular weight is 261 g/mol. The van der Waals surface area contributed by atoms with Crippen molar-refractivity contribution in [2.45, 2.75) is 33.6 Å². The molecule has 0 aliphatic heterocycles. The first-order valence-corrected chi connectivity index (χ1v) is 6.68. The lowest BCUT2D eigenvalue weighted by atomic mass is 10.2. The van der Waals surface area contributed by atoms with Crippen LogP contribution in [-0.2, 0) is 0 Å². The Kier molecular flexibility index (Phi) is 4.20. The first-order valence-electron chi connectivity index (χ1n) is 6.68. The van der Waals surface area contributed by atoms with E-state index in [1.807, 2.05) is 24.6 Å². The van der Waals surface area contributed by atoms with E-state index in [4.69, 9.17) is 0 Å². The van der Waals surface area contributed by atoms with Crippen LogP contribution in [0.3, 0.4) is 0 Å². The molecule has 2 aromatic rings. The molecule has 1 aromatic heterocycles. The van der Waals surface area contributed by atoms with Crippen molar-refractivity contribution in [1.29, 1.82) is 0 Å². The highest BCUT2D eigenvalue weighted by atomic mass is 19.1. The van der Waals surface area contributed by atoms with Crippen LogP contribution in [0.4, 0.5) is 10.3 Å². The van der Waals surface area contributed by atoms with E-state index in [9.17, 15) is 4.39 Å². The molecule has 102 valence electrons. The quantitative estimate of drug-likeness (QED) is 0.829. The van der Waals surface area contributed by atoms with E-state index in [-0.39, 0.29) is 5.82 Å². The van der Waals surface area contributed by atoms with Crippen LogP contribution in [0.1, 0.15) is 31.0 Å². The van der Waals surface area contributed by atoms with Crippen molar-refractivity contribution in [1.82, 2.24) is 9.55 Å². The Bertz CT molecular complexity index is 561. The molecule has 19 heavy (non-hydrogen) atoms. The number of aryl methyl sites for hydroxylation is 2. The average Bonchev–Trinajstić information content (AvgIpc) is 2.71. The highest BCUT2D eigenvalue weighted by Gasteiger charge is 2.09. The summed E-state index contributed by atoms with van der Waals surface area (Å²) < 4.78 is 15.2. The van der Waals surface area contributed by atoms with Gasteiger partial charge in [-0.05, 0) is 44.0 Å². The number of benzene rings is 1. The summed E-state index contributed by atoms with van der Waals surface area (Å²) in [5, 5.41) is 3.33. The molecule has 0 saturated carbocycles. The van der Waals surface area contributed by atoms with Crippen molar-refractivity contribution < 1.29 is 4.39 Å². The van der Waals surface area contributed by atoms with Crippen LogP contribution in [0.2, 0.25) is 0 Å². The van der Waals surface area contributed by atoms with Gasteiger partial charge in [0.2, 0.25) is 5.95 Å². The Hall–Kier alpha value is -1.84. The van der Waals surface area contributed by atoms with Crippen molar-refractivity contribution in [3.63, 3.8) is 0 Å². The molecule has 0 spiro atoms.